The van der Waals surface area contributed by atoms with Gasteiger partial charge in [-0.15, -0.1) is 0 Å². The number of imidazole rings is 1. The van der Waals surface area contributed by atoms with E-state index in [9.17, 15) is 9.90 Å². The van der Waals surface area contributed by atoms with Crippen LogP contribution in [-0.2, 0) is 11.3 Å². The SMILES string of the molecule is CC(O)(Cn1cnc2c(N)ncnc21)C(=O)O. The van der Waals surface area contributed by atoms with Gasteiger partial charge < -0.3 is 20.5 Å². The Kier molecular flexibility index (Phi) is 2.43. The van der Waals surface area contributed by atoms with Gasteiger partial charge >= 0.3 is 5.97 Å². The number of hydrogen-bond acceptors (Lipinski definition) is 6. The normalized spacial score (nSPS) is 14.7. The maximum atomic E-state index is 10.8. The number of anilines is 1. The molecule has 4 N–H and O–H groups in total. The van der Waals surface area contributed by atoms with Crippen molar-refractivity contribution in [2.75, 3.05) is 5.73 Å². The molecule has 0 fully saturated rings. The lowest BCUT2D eigenvalue weighted by Crippen LogP contribution is -2.39. The summed E-state index contributed by atoms with van der Waals surface area (Å²) in [6.07, 6.45) is 2.62. The van der Waals surface area contributed by atoms with Crippen molar-refractivity contribution in [3.05, 3.63) is 12.7 Å². The summed E-state index contributed by atoms with van der Waals surface area (Å²) in [4.78, 5) is 22.5. The standard InChI is InChI=1S/C9H11N5O3/c1-9(17,8(15)16)2-14-4-13-5-6(10)11-3-12-7(5)14/h3-4,17H,2H2,1H3,(H,15,16)(H2,10,11,12). The number of nitrogen functional groups attached to an aromatic ring is 1. The van der Waals surface area contributed by atoms with E-state index < -0.39 is 11.6 Å². The molecule has 1 atom stereocenters. The van der Waals surface area contributed by atoms with Gasteiger partial charge in [0.15, 0.2) is 17.1 Å². The molecular weight excluding hydrogens is 226 g/mol. The van der Waals surface area contributed by atoms with E-state index in [1.54, 1.807) is 0 Å². The zero-order valence-corrected chi connectivity index (χ0v) is 9.03. The van der Waals surface area contributed by atoms with Gasteiger partial charge in [-0.3, -0.25) is 0 Å². The Balaban J connectivity index is 2.44. The number of aliphatic hydroxyl groups is 1. The third-order valence-electron chi connectivity index (χ3n) is 2.37. The maximum Gasteiger partial charge on any atom is 0.337 e. The number of nitrogens with zero attached hydrogens (tertiary/aromatic N) is 4. The van der Waals surface area contributed by atoms with Crippen molar-refractivity contribution in [1.82, 2.24) is 19.5 Å². The summed E-state index contributed by atoms with van der Waals surface area (Å²) >= 11 is 0. The number of carboxylic acid groups (broad SMARTS) is 1. The lowest BCUT2D eigenvalue weighted by molar-refractivity contribution is -0.157. The van der Waals surface area contributed by atoms with Crippen LogP contribution < -0.4 is 5.73 Å². The van der Waals surface area contributed by atoms with Crippen molar-refractivity contribution in [2.24, 2.45) is 0 Å². The first-order valence-corrected chi connectivity index (χ1v) is 4.79. The number of rotatable bonds is 3. The second-order valence-corrected chi connectivity index (χ2v) is 3.88. The van der Waals surface area contributed by atoms with Crippen molar-refractivity contribution in [2.45, 2.75) is 19.1 Å². The van der Waals surface area contributed by atoms with E-state index in [1.807, 2.05) is 0 Å². The van der Waals surface area contributed by atoms with Gasteiger partial charge in [0.2, 0.25) is 0 Å². The molecule has 8 nitrogen and oxygen atoms in total. The summed E-state index contributed by atoms with van der Waals surface area (Å²) in [5.74, 6) is -1.11. The van der Waals surface area contributed by atoms with Gasteiger partial charge in [0.1, 0.15) is 11.8 Å². The number of aromatic nitrogens is 4. The Bertz CT molecular complexity index is 577. The van der Waals surface area contributed by atoms with Crippen LogP contribution in [0.15, 0.2) is 12.7 Å². The highest BCUT2D eigenvalue weighted by Gasteiger charge is 2.31. The van der Waals surface area contributed by atoms with Crippen LogP contribution in [0.5, 0.6) is 0 Å². The molecule has 0 bridgehead atoms. The fraction of sp³-hybridized carbons (Fsp3) is 0.333. The fourth-order valence-electron chi connectivity index (χ4n) is 1.41. The van der Waals surface area contributed by atoms with Crippen molar-refractivity contribution >= 4 is 23.0 Å². The van der Waals surface area contributed by atoms with Crippen LogP contribution in [0, 0.1) is 0 Å². The lowest BCUT2D eigenvalue weighted by atomic mass is 10.1. The summed E-state index contributed by atoms with van der Waals surface area (Å²) in [7, 11) is 0. The molecule has 2 rings (SSSR count). The fourth-order valence-corrected chi connectivity index (χ4v) is 1.41. The first kappa shape index (κ1) is 11.3. The second-order valence-electron chi connectivity index (χ2n) is 3.88. The van der Waals surface area contributed by atoms with E-state index in [4.69, 9.17) is 10.8 Å². The average Bonchev–Trinajstić information content (AvgIpc) is 2.62. The van der Waals surface area contributed by atoms with Crippen LogP contribution in [0.4, 0.5) is 5.82 Å². The van der Waals surface area contributed by atoms with Crippen molar-refractivity contribution in [3.8, 4) is 0 Å². The molecule has 0 radical (unpaired) electrons. The minimum absolute atomic E-state index is 0.171. The van der Waals surface area contributed by atoms with Gasteiger partial charge in [0.05, 0.1) is 12.9 Å². The average molecular weight is 237 g/mol. The third-order valence-corrected chi connectivity index (χ3v) is 2.37. The maximum absolute atomic E-state index is 10.8. The topological polar surface area (TPSA) is 127 Å². The molecule has 0 amide bonds. The molecule has 0 saturated heterocycles. The Labute approximate surface area is 95.7 Å². The Hall–Kier alpha value is -2.22. The quantitative estimate of drug-likeness (QED) is 0.640. The summed E-state index contributed by atoms with van der Waals surface area (Å²) in [5.41, 5.74) is 4.46. The molecule has 1 unspecified atom stereocenters. The van der Waals surface area contributed by atoms with Crippen LogP contribution in [0.2, 0.25) is 0 Å². The molecule has 0 saturated carbocycles. The minimum atomic E-state index is -1.90. The number of hydrogen-bond donors (Lipinski definition) is 3. The van der Waals surface area contributed by atoms with Crippen LogP contribution in [0.25, 0.3) is 11.2 Å². The Morgan fingerprint density at radius 1 is 1.53 bits per heavy atom. The monoisotopic (exact) mass is 237 g/mol. The van der Waals surface area contributed by atoms with Gasteiger partial charge in [-0.1, -0.05) is 0 Å². The predicted molar refractivity (Wildman–Crippen MR) is 58.0 cm³/mol. The molecule has 2 aromatic heterocycles. The highest BCUT2D eigenvalue weighted by atomic mass is 16.4. The lowest BCUT2D eigenvalue weighted by Gasteiger charge is -2.18. The van der Waals surface area contributed by atoms with E-state index in [2.05, 4.69) is 15.0 Å². The first-order valence-electron chi connectivity index (χ1n) is 4.79. The summed E-state index contributed by atoms with van der Waals surface area (Å²) in [5, 5.41) is 18.5. The highest BCUT2D eigenvalue weighted by molar-refractivity contribution is 5.81. The van der Waals surface area contributed by atoms with Gasteiger partial charge in [-0.2, -0.15) is 0 Å². The van der Waals surface area contributed by atoms with Crippen LogP contribution in [0.3, 0.4) is 0 Å². The van der Waals surface area contributed by atoms with Gasteiger partial charge in [0, 0.05) is 0 Å². The van der Waals surface area contributed by atoms with Crippen LogP contribution in [-0.4, -0.2) is 41.3 Å². The minimum Gasteiger partial charge on any atom is -0.479 e. The van der Waals surface area contributed by atoms with Crippen molar-refractivity contribution < 1.29 is 15.0 Å². The molecule has 2 aromatic rings. The van der Waals surface area contributed by atoms with Crippen LogP contribution in [0.1, 0.15) is 6.92 Å². The molecule has 0 aromatic carbocycles. The van der Waals surface area contributed by atoms with E-state index >= 15 is 0 Å². The smallest absolute Gasteiger partial charge is 0.337 e. The van der Waals surface area contributed by atoms with E-state index in [0.29, 0.717) is 11.2 Å². The number of nitrogens with two attached hydrogens (primary N) is 1. The van der Waals surface area contributed by atoms with E-state index in [-0.39, 0.29) is 12.4 Å². The summed E-state index contributed by atoms with van der Waals surface area (Å²) < 4.78 is 1.42. The molecule has 90 valence electrons. The van der Waals surface area contributed by atoms with Crippen molar-refractivity contribution in [3.63, 3.8) is 0 Å². The molecule has 0 aliphatic rings. The highest BCUT2D eigenvalue weighted by Crippen LogP contribution is 2.17. The molecular formula is C9H11N5O3. The van der Waals surface area contributed by atoms with E-state index in [0.717, 1.165) is 0 Å². The Morgan fingerprint density at radius 2 is 2.24 bits per heavy atom. The molecule has 17 heavy (non-hydrogen) atoms. The summed E-state index contributed by atoms with van der Waals surface area (Å²) in [6, 6.07) is 0. The number of carboxylic acids is 1. The third kappa shape index (κ3) is 1.89. The van der Waals surface area contributed by atoms with Gasteiger partial charge in [0.25, 0.3) is 0 Å². The molecule has 0 spiro atoms. The number of carbonyl (C=O) groups is 1. The molecule has 2 heterocycles. The zero-order chi connectivity index (χ0) is 12.6. The Morgan fingerprint density at radius 3 is 2.88 bits per heavy atom. The molecule has 0 aliphatic heterocycles. The molecule has 0 aliphatic carbocycles. The zero-order valence-electron chi connectivity index (χ0n) is 9.03. The summed E-state index contributed by atoms with van der Waals surface area (Å²) in [6.45, 7) is 1.03. The van der Waals surface area contributed by atoms with E-state index in [1.165, 1.54) is 24.1 Å². The number of aliphatic carboxylic acids is 1. The van der Waals surface area contributed by atoms with Gasteiger partial charge in [-0.05, 0) is 6.92 Å². The largest absolute Gasteiger partial charge is 0.479 e. The predicted octanol–water partition coefficient (Wildman–Crippen LogP) is -0.756. The van der Waals surface area contributed by atoms with Gasteiger partial charge in [-0.25, -0.2) is 19.7 Å². The second kappa shape index (κ2) is 3.67. The van der Waals surface area contributed by atoms with Crippen LogP contribution >= 0.6 is 0 Å². The molecule has 8 heteroatoms. The first-order chi connectivity index (χ1) is 7.92. The van der Waals surface area contributed by atoms with Crippen molar-refractivity contribution in [1.29, 1.82) is 0 Å². The number of fused-ring (bicyclic) bond motifs is 1.